The summed E-state index contributed by atoms with van der Waals surface area (Å²) in [6.45, 7) is 15.7. The Balaban J connectivity index is 1.75. The molecule has 0 bridgehead atoms. The van der Waals surface area contributed by atoms with Crippen molar-refractivity contribution in [2.75, 3.05) is 0 Å². The van der Waals surface area contributed by atoms with Crippen LogP contribution in [-0.2, 0) is 18.6 Å². The number of fused-ring (bicyclic) bond motifs is 3. The van der Waals surface area contributed by atoms with Crippen LogP contribution in [0.5, 0.6) is 0 Å². The molecule has 1 aromatic heterocycles. The fraction of sp³-hybridized carbons (Fsp3) is 0.400. The molecule has 0 spiro atoms. The summed E-state index contributed by atoms with van der Waals surface area (Å²) in [4.78, 5) is 0. The van der Waals surface area contributed by atoms with Gasteiger partial charge in [-0.15, -0.1) is 10.9 Å². The van der Waals surface area contributed by atoms with E-state index in [2.05, 4.69) is 0 Å². The van der Waals surface area contributed by atoms with E-state index in [1.54, 1.807) is 0 Å². The van der Waals surface area contributed by atoms with Crippen LogP contribution in [-0.4, -0.2) is 88.3 Å². The van der Waals surface area contributed by atoms with Gasteiger partial charge in [-0.3, -0.25) is 0 Å². The van der Waals surface area contributed by atoms with Crippen LogP contribution in [0, 0.1) is 0 Å². The summed E-state index contributed by atoms with van der Waals surface area (Å²) in [5.41, 5.74) is 1.86. The van der Waals surface area contributed by atoms with Crippen molar-refractivity contribution in [1.82, 2.24) is 4.57 Å². The smallest absolute Gasteiger partial charge is 0.399 e. The van der Waals surface area contributed by atoms with Crippen molar-refractivity contribution in [3.63, 3.8) is 0 Å². The Morgan fingerprint density at radius 2 is 0.814 bits per heavy atom. The number of benzene rings is 3. The lowest BCUT2D eigenvalue weighted by Gasteiger charge is -2.32. The Morgan fingerprint density at radius 1 is 0.488 bits per heavy atom. The van der Waals surface area contributed by atoms with Gasteiger partial charge in [0.15, 0.2) is 0 Å². The van der Waals surface area contributed by atoms with Crippen molar-refractivity contribution in [1.29, 1.82) is 0 Å². The molecule has 202 valence electrons. The van der Waals surface area contributed by atoms with Gasteiger partial charge >= 0.3 is 14.2 Å². The van der Waals surface area contributed by atoms with Crippen molar-refractivity contribution < 1.29 is 18.6 Å². The van der Waals surface area contributed by atoms with Crippen LogP contribution in [0.25, 0.3) is 27.5 Å². The van der Waals surface area contributed by atoms with Crippen molar-refractivity contribution >= 4 is 127 Å². The predicted octanol–water partition coefficient (Wildman–Crippen LogP) is -1.86. The molecular weight excluding hydrogens is 525 g/mol. The van der Waals surface area contributed by atoms with Crippen LogP contribution in [0.1, 0.15) is 55.4 Å². The van der Waals surface area contributed by atoms with Gasteiger partial charge in [0.2, 0.25) is 0 Å². The minimum atomic E-state index is -0.873. The summed E-state index contributed by atoms with van der Waals surface area (Å²) in [7, 11) is 39.7. The van der Waals surface area contributed by atoms with E-state index in [0.29, 0.717) is 43.7 Å². The van der Waals surface area contributed by atoms with E-state index < -0.39 is 36.6 Å². The second-order valence-corrected chi connectivity index (χ2v) is 13.6. The second kappa shape index (κ2) is 9.66. The molecule has 13 heteroatoms. The van der Waals surface area contributed by atoms with Gasteiger partial charge in [0.25, 0.3) is 0 Å². The van der Waals surface area contributed by atoms with Gasteiger partial charge in [-0.25, -0.2) is 0 Å². The minimum Gasteiger partial charge on any atom is -0.399 e. The number of aromatic nitrogens is 1. The molecule has 5 nitrogen and oxygen atoms in total. The van der Waals surface area contributed by atoms with E-state index in [-0.39, 0.29) is 21.9 Å². The minimum absolute atomic E-state index is 0.250. The molecule has 12 radical (unpaired) electrons. The molecule has 4 aromatic rings. The molecule has 0 atom stereocenters. The molecule has 0 aliphatic carbocycles. The van der Waals surface area contributed by atoms with Gasteiger partial charge in [0.1, 0.15) is 47.1 Å². The summed E-state index contributed by atoms with van der Waals surface area (Å²) in [5, 5.41) is 1.11. The highest BCUT2D eigenvalue weighted by Gasteiger charge is 2.54. The zero-order chi connectivity index (χ0) is 31.6. The topological polar surface area (TPSA) is 41.9 Å². The van der Waals surface area contributed by atoms with Gasteiger partial charge in [-0.2, -0.15) is 0 Å². The summed E-state index contributed by atoms with van der Waals surface area (Å²) in [6, 6.07) is 9.61. The molecular formula is C30H29B8NO4. The van der Waals surface area contributed by atoms with Gasteiger partial charge in [-0.1, -0.05) is 40.1 Å². The van der Waals surface area contributed by atoms with E-state index in [1.165, 1.54) is 0 Å². The average molecular weight is 554 g/mol. The maximum absolute atomic E-state index is 7.05. The second-order valence-electron chi connectivity index (χ2n) is 13.6. The zero-order valence-electron chi connectivity index (χ0n) is 26.1. The number of rotatable bonds is 3. The highest BCUT2D eigenvalue weighted by atomic mass is 16.7. The lowest BCUT2D eigenvalue weighted by atomic mass is 9.58. The highest BCUT2D eigenvalue weighted by molar-refractivity contribution is 6.80. The van der Waals surface area contributed by atoms with Crippen molar-refractivity contribution in [3.8, 4) is 5.69 Å². The summed E-state index contributed by atoms with van der Waals surface area (Å²) in [5.74, 6) is 0. The molecule has 2 aliphatic rings. The molecule has 0 unspecified atom stereocenters. The Hall–Kier alpha value is -2.18. The average Bonchev–Trinajstić information content (AvgIpc) is 3.45. The van der Waals surface area contributed by atoms with E-state index in [1.807, 2.05) is 90.3 Å². The molecule has 6 rings (SSSR count). The molecule has 0 saturated carbocycles. The fourth-order valence-electron chi connectivity index (χ4n) is 5.98. The quantitative estimate of drug-likeness (QED) is 0.279. The Kier molecular flexibility index (Phi) is 6.92. The lowest BCUT2D eigenvalue weighted by Crippen LogP contribution is -2.58. The Labute approximate surface area is 263 Å². The monoisotopic (exact) mass is 555 g/mol. The SMILES string of the molecule is [B]c1c(B2OC(C)(C)C(C)(C)O2)c([B])c2c3c([B])c(B4OC(C)(C)C(C)(C)O4)c([B])c([B])c3n(-c3ccccc3)c2c1[B]. The zero-order valence-corrected chi connectivity index (χ0v) is 26.1. The van der Waals surface area contributed by atoms with Gasteiger partial charge in [-0.05, 0) is 89.2 Å². The van der Waals surface area contributed by atoms with E-state index in [4.69, 9.17) is 65.7 Å². The van der Waals surface area contributed by atoms with Crippen LogP contribution in [0.2, 0.25) is 0 Å². The van der Waals surface area contributed by atoms with E-state index in [9.17, 15) is 0 Å². The molecule has 0 N–H and O–H groups in total. The maximum Gasteiger partial charge on any atom is 0.493 e. The molecule has 2 fully saturated rings. The third-order valence-electron chi connectivity index (χ3n) is 9.95. The van der Waals surface area contributed by atoms with Crippen molar-refractivity contribution in [2.45, 2.75) is 77.8 Å². The first-order chi connectivity index (χ1) is 19.8. The molecule has 2 saturated heterocycles. The third kappa shape index (κ3) is 4.25. The largest absolute Gasteiger partial charge is 0.493 e. The van der Waals surface area contributed by atoms with Crippen LogP contribution < -0.4 is 43.7 Å². The first-order valence-electron chi connectivity index (χ1n) is 14.4. The predicted molar refractivity (Wildman–Crippen MR) is 185 cm³/mol. The van der Waals surface area contributed by atoms with Crippen LogP contribution in [0.3, 0.4) is 0 Å². The summed E-state index contributed by atoms with van der Waals surface area (Å²) in [6.07, 6.45) is 0. The van der Waals surface area contributed by atoms with Gasteiger partial charge in [0.05, 0.1) is 22.4 Å². The highest BCUT2D eigenvalue weighted by Crippen LogP contribution is 2.38. The standard InChI is InChI=1S/C30H29B8NO4/c1-27(2)28(3,4)41-37(40-27)23-17(31)15-16-18(32)24(38-42-29(5,6)30(7,8)43-38)20(34)22(36)26(16)39(14-12-10-9-11-13-14)25(15)21(35)19(23)33/h9-13H,1-8H3. The van der Waals surface area contributed by atoms with E-state index in [0.717, 1.165) is 5.69 Å². The Morgan fingerprint density at radius 3 is 1.14 bits per heavy atom. The van der Waals surface area contributed by atoms with Crippen molar-refractivity contribution in [2.24, 2.45) is 0 Å². The number of para-hydroxylation sites is 1. The molecule has 43 heavy (non-hydrogen) atoms. The summed E-state index contributed by atoms with van der Waals surface area (Å²) < 4.78 is 27.4. The lowest BCUT2D eigenvalue weighted by molar-refractivity contribution is 0.00578. The molecule has 0 amide bonds. The normalized spacial score (nSPS) is 20.5. The van der Waals surface area contributed by atoms with Crippen LogP contribution >= 0.6 is 0 Å². The molecule has 2 aliphatic heterocycles. The molecule has 3 heterocycles. The third-order valence-corrected chi connectivity index (χ3v) is 9.95. The van der Waals surface area contributed by atoms with Crippen molar-refractivity contribution in [3.05, 3.63) is 30.3 Å². The first-order valence-corrected chi connectivity index (χ1v) is 14.4. The van der Waals surface area contributed by atoms with Gasteiger partial charge < -0.3 is 23.2 Å². The first kappa shape index (κ1) is 30.8. The van der Waals surface area contributed by atoms with Crippen LogP contribution in [0.4, 0.5) is 0 Å². The maximum atomic E-state index is 7.05. The van der Waals surface area contributed by atoms with E-state index >= 15 is 0 Å². The number of hydrogen-bond donors (Lipinski definition) is 0. The number of hydrogen-bond acceptors (Lipinski definition) is 4. The molecule has 3 aromatic carbocycles. The van der Waals surface area contributed by atoms with Gasteiger partial charge in [0, 0.05) is 16.7 Å². The fourth-order valence-corrected chi connectivity index (χ4v) is 5.98. The van der Waals surface area contributed by atoms with Crippen LogP contribution in [0.15, 0.2) is 30.3 Å². The number of nitrogens with zero attached hydrogens (tertiary/aromatic N) is 1. The Bertz CT molecular complexity index is 1670. The summed E-state index contributed by atoms with van der Waals surface area (Å²) >= 11 is 0.